The molecule has 1 atom stereocenters. The highest BCUT2D eigenvalue weighted by molar-refractivity contribution is 6.03. The highest BCUT2D eigenvalue weighted by atomic mass is 16.5. The van der Waals surface area contributed by atoms with E-state index in [9.17, 15) is 0 Å². The van der Waals surface area contributed by atoms with E-state index in [-0.39, 0.29) is 6.10 Å². The molecule has 3 rings (SSSR count). The van der Waals surface area contributed by atoms with Gasteiger partial charge < -0.3 is 15.8 Å². The van der Waals surface area contributed by atoms with Gasteiger partial charge in [0.1, 0.15) is 11.6 Å². The lowest BCUT2D eigenvalue weighted by Gasteiger charge is -2.28. The van der Waals surface area contributed by atoms with E-state index in [0.29, 0.717) is 5.69 Å². The van der Waals surface area contributed by atoms with Gasteiger partial charge in [0.25, 0.3) is 0 Å². The summed E-state index contributed by atoms with van der Waals surface area (Å²) in [5.74, 6) is 1.65. The summed E-state index contributed by atoms with van der Waals surface area (Å²) in [6.07, 6.45) is 0.774. The molecule has 1 aliphatic heterocycles. The van der Waals surface area contributed by atoms with Crippen LogP contribution in [-0.4, -0.2) is 11.9 Å². The molecule has 2 aromatic rings. The van der Waals surface area contributed by atoms with Gasteiger partial charge >= 0.3 is 0 Å². The van der Waals surface area contributed by atoms with Crippen LogP contribution in [0.5, 0.6) is 5.75 Å². The maximum atomic E-state index is 6.05. The smallest absolute Gasteiger partial charge is 0.156 e. The first-order chi connectivity index (χ1) is 10.6. The van der Waals surface area contributed by atoms with Gasteiger partial charge in [-0.3, -0.25) is 0 Å². The van der Waals surface area contributed by atoms with Crippen LogP contribution >= 0.6 is 0 Å². The van der Waals surface area contributed by atoms with E-state index >= 15 is 0 Å². The first-order valence-corrected chi connectivity index (χ1v) is 7.56. The summed E-state index contributed by atoms with van der Waals surface area (Å²) in [5.41, 5.74) is 10.7. The molecule has 2 aromatic carbocycles. The average Bonchev–Trinajstić information content (AvgIpc) is 2.50. The van der Waals surface area contributed by atoms with Gasteiger partial charge in [-0.15, -0.1) is 0 Å². The number of benzene rings is 2. The molecule has 0 saturated carbocycles. The van der Waals surface area contributed by atoms with Crippen molar-refractivity contribution in [1.82, 2.24) is 0 Å². The Kier molecular flexibility index (Phi) is 3.75. The lowest BCUT2D eigenvalue weighted by molar-refractivity contribution is 0.259. The van der Waals surface area contributed by atoms with Gasteiger partial charge in [0.05, 0.1) is 11.4 Å². The quantitative estimate of drug-likeness (QED) is 0.816. The molecular weight excluding hydrogens is 274 g/mol. The second-order valence-electron chi connectivity index (χ2n) is 5.63. The van der Waals surface area contributed by atoms with E-state index in [1.807, 2.05) is 24.3 Å². The molecular formula is C18H21N3O. The number of ether oxygens (including phenoxy) is 1. The molecule has 1 unspecified atom stereocenters. The Hall–Kier alpha value is -2.49. The molecule has 0 saturated heterocycles. The average molecular weight is 295 g/mol. The number of nitrogen functional groups attached to an aromatic ring is 1. The number of nitrogens with two attached hydrogens (primary N) is 1. The predicted octanol–water partition coefficient (Wildman–Crippen LogP) is 4.20. The largest absolute Gasteiger partial charge is 0.480 e. The zero-order chi connectivity index (χ0) is 15.7. The number of hydrogen-bond donors (Lipinski definition) is 2. The summed E-state index contributed by atoms with van der Waals surface area (Å²) < 4.78 is 6.05. The highest BCUT2D eigenvalue weighted by Gasteiger charge is 2.24. The first-order valence-electron chi connectivity index (χ1n) is 7.56. The molecule has 1 aliphatic rings. The predicted molar refractivity (Wildman–Crippen MR) is 92.2 cm³/mol. The van der Waals surface area contributed by atoms with E-state index in [1.165, 1.54) is 0 Å². The molecule has 22 heavy (non-hydrogen) atoms. The van der Waals surface area contributed by atoms with Gasteiger partial charge in [0.2, 0.25) is 0 Å². The van der Waals surface area contributed by atoms with Crippen LogP contribution in [0.2, 0.25) is 0 Å². The second kappa shape index (κ2) is 5.72. The van der Waals surface area contributed by atoms with Crippen molar-refractivity contribution in [3.63, 3.8) is 0 Å². The first kappa shape index (κ1) is 14.4. The molecule has 0 aliphatic carbocycles. The van der Waals surface area contributed by atoms with Crippen LogP contribution in [0.1, 0.15) is 24.5 Å². The van der Waals surface area contributed by atoms with Crippen molar-refractivity contribution in [2.45, 2.75) is 33.3 Å². The SMILES string of the molecule is CCC1Oc2ccc(N)cc2NC1=Nc1c(C)cccc1C. The summed E-state index contributed by atoms with van der Waals surface area (Å²) in [5, 5.41) is 3.39. The zero-order valence-electron chi connectivity index (χ0n) is 13.2. The molecule has 0 radical (unpaired) electrons. The zero-order valence-corrected chi connectivity index (χ0v) is 13.2. The molecule has 0 bridgehead atoms. The summed E-state index contributed by atoms with van der Waals surface area (Å²) in [7, 11) is 0. The van der Waals surface area contributed by atoms with Crippen molar-refractivity contribution in [3.8, 4) is 5.75 Å². The minimum absolute atomic E-state index is 0.0740. The number of aryl methyl sites for hydroxylation is 2. The Morgan fingerprint density at radius 3 is 2.59 bits per heavy atom. The second-order valence-corrected chi connectivity index (χ2v) is 5.63. The molecule has 0 amide bonds. The van der Waals surface area contributed by atoms with E-state index < -0.39 is 0 Å². The lowest BCUT2D eigenvalue weighted by atomic mass is 10.1. The fraction of sp³-hybridized carbons (Fsp3) is 0.278. The number of para-hydroxylation sites is 1. The molecule has 0 fully saturated rings. The molecule has 4 nitrogen and oxygen atoms in total. The number of anilines is 2. The Labute approximate surface area is 131 Å². The van der Waals surface area contributed by atoms with Gasteiger partial charge in [-0.2, -0.15) is 0 Å². The standard InChI is InChI=1S/C18H21N3O/c1-4-15-18(21-17-11(2)6-5-7-12(17)3)20-14-10-13(19)8-9-16(14)22-15/h5-10,15H,4,19H2,1-3H3,(H,20,21). The van der Waals surface area contributed by atoms with Crippen LogP contribution in [0, 0.1) is 13.8 Å². The maximum Gasteiger partial charge on any atom is 0.156 e. The Balaban J connectivity index is 2.04. The third-order valence-electron chi connectivity index (χ3n) is 3.88. The third-order valence-corrected chi connectivity index (χ3v) is 3.88. The van der Waals surface area contributed by atoms with Gasteiger partial charge in [-0.1, -0.05) is 25.1 Å². The van der Waals surface area contributed by atoms with E-state index in [4.69, 9.17) is 15.5 Å². The van der Waals surface area contributed by atoms with Crippen LogP contribution in [-0.2, 0) is 0 Å². The molecule has 0 aromatic heterocycles. The Morgan fingerprint density at radius 1 is 1.18 bits per heavy atom. The normalized spacial score (nSPS) is 18.5. The number of aliphatic imine (C=N–C) groups is 1. The molecule has 0 spiro atoms. The lowest BCUT2D eigenvalue weighted by Crippen LogP contribution is -2.36. The van der Waals surface area contributed by atoms with Crippen molar-refractivity contribution < 1.29 is 4.74 Å². The topological polar surface area (TPSA) is 59.6 Å². The third kappa shape index (κ3) is 2.64. The number of hydrogen-bond acceptors (Lipinski definition) is 3. The molecule has 3 N–H and O–H groups in total. The minimum Gasteiger partial charge on any atom is -0.480 e. The van der Waals surface area contributed by atoms with Crippen LogP contribution < -0.4 is 15.8 Å². The number of rotatable bonds is 2. The maximum absolute atomic E-state index is 6.05. The summed E-state index contributed by atoms with van der Waals surface area (Å²) in [6, 6.07) is 11.8. The van der Waals surface area contributed by atoms with Gasteiger partial charge in [-0.25, -0.2) is 4.99 Å². The number of fused-ring (bicyclic) bond motifs is 1. The van der Waals surface area contributed by atoms with Crippen molar-refractivity contribution in [1.29, 1.82) is 0 Å². The van der Waals surface area contributed by atoms with E-state index in [1.54, 1.807) is 0 Å². The van der Waals surface area contributed by atoms with Crippen LogP contribution in [0.15, 0.2) is 41.4 Å². The summed E-state index contributed by atoms with van der Waals surface area (Å²) in [6.45, 7) is 6.24. The number of amidine groups is 1. The molecule has 4 heteroatoms. The van der Waals surface area contributed by atoms with Crippen molar-refractivity contribution in [3.05, 3.63) is 47.5 Å². The monoisotopic (exact) mass is 295 g/mol. The van der Waals surface area contributed by atoms with Crippen LogP contribution in [0.4, 0.5) is 17.1 Å². The number of nitrogens with zero attached hydrogens (tertiary/aromatic N) is 1. The van der Waals surface area contributed by atoms with Crippen molar-refractivity contribution in [2.75, 3.05) is 11.1 Å². The van der Waals surface area contributed by atoms with E-state index in [2.05, 4.69) is 38.2 Å². The highest BCUT2D eigenvalue weighted by Crippen LogP contribution is 2.33. The van der Waals surface area contributed by atoms with Gasteiger partial charge in [0, 0.05) is 5.69 Å². The van der Waals surface area contributed by atoms with Gasteiger partial charge in [-0.05, 0) is 49.6 Å². The van der Waals surface area contributed by atoms with Gasteiger partial charge in [0.15, 0.2) is 6.10 Å². The van der Waals surface area contributed by atoms with Crippen molar-refractivity contribution in [2.24, 2.45) is 4.99 Å². The van der Waals surface area contributed by atoms with Crippen LogP contribution in [0.3, 0.4) is 0 Å². The summed E-state index contributed by atoms with van der Waals surface area (Å²) in [4.78, 5) is 4.84. The molecule has 1 heterocycles. The van der Waals surface area contributed by atoms with E-state index in [0.717, 1.165) is 40.5 Å². The fourth-order valence-corrected chi connectivity index (χ4v) is 2.65. The number of nitrogens with one attached hydrogen (secondary N) is 1. The summed E-state index contributed by atoms with van der Waals surface area (Å²) >= 11 is 0. The van der Waals surface area contributed by atoms with Crippen LogP contribution in [0.25, 0.3) is 0 Å². The fourth-order valence-electron chi connectivity index (χ4n) is 2.65. The Bertz CT molecular complexity index is 717. The van der Waals surface area contributed by atoms with Crippen molar-refractivity contribution >= 4 is 22.9 Å². The molecule has 114 valence electrons. The Morgan fingerprint density at radius 2 is 1.91 bits per heavy atom. The minimum atomic E-state index is -0.0740.